The van der Waals surface area contributed by atoms with Gasteiger partial charge >= 0.3 is 6.18 Å². The predicted molar refractivity (Wildman–Crippen MR) is 71.3 cm³/mol. The molecule has 0 aromatic heterocycles. The maximum absolute atomic E-state index is 12.5. The highest BCUT2D eigenvalue weighted by Gasteiger charge is 2.31. The fraction of sp³-hybridized carbons (Fsp3) is 0.250. The van der Waals surface area contributed by atoms with Crippen molar-refractivity contribution in [3.63, 3.8) is 0 Å². The summed E-state index contributed by atoms with van der Waals surface area (Å²) in [6.07, 6.45) is -4.37. The molecular weight excluding hydrogens is 265 g/mol. The van der Waals surface area contributed by atoms with Crippen molar-refractivity contribution < 1.29 is 18.3 Å². The third-order valence-corrected chi connectivity index (χ3v) is 3.39. The second-order valence-corrected chi connectivity index (χ2v) is 5.01. The van der Waals surface area contributed by atoms with Gasteiger partial charge in [0, 0.05) is 0 Å². The third kappa shape index (κ3) is 2.85. The van der Waals surface area contributed by atoms with Gasteiger partial charge in [-0.3, -0.25) is 0 Å². The normalized spacial score (nSPS) is 14.9. The Balaban J connectivity index is 2.37. The summed E-state index contributed by atoms with van der Waals surface area (Å²) in [4.78, 5) is 0. The van der Waals surface area contributed by atoms with Gasteiger partial charge in [-0.05, 0) is 37.1 Å². The van der Waals surface area contributed by atoms with Gasteiger partial charge in [-0.25, -0.2) is 0 Å². The lowest BCUT2D eigenvalue weighted by atomic mass is 9.87. The van der Waals surface area contributed by atoms with Crippen molar-refractivity contribution in [2.45, 2.75) is 25.6 Å². The van der Waals surface area contributed by atoms with Crippen LogP contribution in [-0.2, 0) is 11.8 Å². The predicted octanol–water partition coefficient (Wildman–Crippen LogP) is 4.27. The minimum absolute atomic E-state index is 0.425. The van der Waals surface area contributed by atoms with E-state index in [0.717, 1.165) is 17.7 Å². The van der Waals surface area contributed by atoms with Gasteiger partial charge in [0.05, 0.1) is 5.56 Å². The number of alkyl halides is 3. The Bertz CT molecular complexity index is 581. The van der Waals surface area contributed by atoms with Gasteiger partial charge < -0.3 is 5.11 Å². The first-order valence-corrected chi connectivity index (χ1v) is 6.18. The molecule has 1 unspecified atom stereocenters. The van der Waals surface area contributed by atoms with Crippen LogP contribution >= 0.6 is 0 Å². The lowest BCUT2D eigenvalue weighted by Crippen LogP contribution is -2.23. The average Bonchev–Trinajstić information content (AvgIpc) is 2.38. The largest absolute Gasteiger partial charge is 0.416 e. The molecular formula is C16H15F3O. The molecule has 106 valence electrons. The first kappa shape index (κ1) is 14.6. The van der Waals surface area contributed by atoms with E-state index in [0.29, 0.717) is 11.1 Å². The van der Waals surface area contributed by atoms with E-state index in [2.05, 4.69) is 0 Å². The van der Waals surface area contributed by atoms with E-state index in [-0.39, 0.29) is 0 Å². The number of benzene rings is 2. The molecule has 0 aliphatic heterocycles. The Morgan fingerprint density at radius 1 is 0.750 bits per heavy atom. The first-order chi connectivity index (χ1) is 9.21. The van der Waals surface area contributed by atoms with Crippen molar-refractivity contribution >= 4 is 0 Å². The van der Waals surface area contributed by atoms with Crippen molar-refractivity contribution in [1.82, 2.24) is 0 Å². The van der Waals surface area contributed by atoms with Crippen LogP contribution in [-0.4, -0.2) is 5.11 Å². The molecule has 0 fully saturated rings. The van der Waals surface area contributed by atoms with Crippen LogP contribution in [0.3, 0.4) is 0 Å². The molecule has 0 aliphatic rings. The minimum Gasteiger partial charge on any atom is -0.381 e. The average molecular weight is 280 g/mol. The topological polar surface area (TPSA) is 20.2 Å². The molecule has 2 aromatic rings. The van der Waals surface area contributed by atoms with Crippen LogP contribution in [0.15, 0.2) is 48.5 Å². The van der Waals surface area contributed by atoms with Crippen molar-refractivity contribution in [2.24, 2.45) is 0 Å². The van der Waals surface area contributed by atoms with Crippen LogP contribution in [0.4, 0.5) is 13.2 Å². The van der Waals surface area contributed by atoms with Gasteiger partial charge in [-0.2, -0.15) is 13.2 Å². The number of hydrogen-bond acceptors (Lipinski definition) is 1. The highest BCUT2D eigenvalue weighted by molar-refractivity contribution is 5.38. The molecule has 0 amide bonds. The molecule has 1 atom stereocenters. The molecule has 0 spiro atoms. The SMILES string of the molecule is Cc1ccc(C(C)(O)c2ccc(C(F)(F)F)cc2)cc1. The summed E-state index contributed by atoms with van der Waals surface area (Å²) in [6.45, 7) is 3.50. The van der Waals surface area contributed by atoms with Crippen LogP contribution in [0.25, 0.3) is 0 Å². The molecule has 2 aromatic carbocycles. The summed E-state index contributed by atoms with van der Waals surface area (Å²) in [6, 6.07) is 11.8. The van der Waals surface area contributed by atoms with Gasteiger partial charge in [-0.15, -0.1) is 0 Å². The molecule has 2 rings (SSSR count). The Kier molecular flexibility index (Phi) is 3.61. The zero-order valence-corrected chi connectivity index (χ0v) is 11.2. The van der Waals surface area contributed by atoms with Crippen molar-refractivity contribution in [2.75, 3.05) is 0 Å². The van der Waals surface area contributed by atoms with E-state index in [9.17, 15) is 18.3 Å². The summed E-state index contributed by atoms with van der Waals surface area (Å²) in [5, 5.41) is 10.6. The second kappa shape index (κ2) is 4.94. The zero-order chi connectivity index (χ0) is 15.0. The van der Waals surface area contributed by atoms with Crippen LogP contribution < -0.4 is 0 Å². The zero-order valence-electron chi connectivity index (χ0n) is 11.2. The Hall–Kier alpha value is -1.81. The van der Waals surface area contributed by atoms with E-state index in [1.165, 1.54) is 12.1 Å². The van der Waals surface area contributed by atoms with E-state index >= 15 is 0 Å². The number of hydrogen-bond donors (Lipinski definition) is 1. The van der Waals surface area contributed by atoms with Crippen LogP contribution in [0.5, 0.6) is 0 Å². The smallest absolute Gasteiger partial charge is 0.381 e. The van der Waals surface area contributed by atoms with Crippen molar-refractivity contribution in [3.05, 3.63) is 70.8 Å². The molecule has 0 bridgehead atoms. The number of rotatable bonds is 2. The van der Waals surface area contributed by atoms with Gasteiger partial charge in [0.25, 0.3) is 0 Å². The lowest BCUT2D eigenvalue weighted by molar-refractivity contribution is -0.137. The maximum Gasteiger partial charge on any atom is 0.416 e. The second-order valence-electron chi connectivity index (χ2n) is 5.01. The molecule has 0 aliphatic carbocycles. The number of aliphatic hydroxyl groups is 1. The summed E-state index contributed by atoms with van der Waals surface area (Å²) < 4.78 is 37.6. The van der Waals surface area contributed by atoms with Crippen LogP contribution in [0.2, 0.25) is 0 Å². The van der Waals surface area contributed by atoms with E-state index < -0.39 is 17.3 Å². The molecule has 1 N–H and O–H groups in total. The lowest BCUT2D eigenvalue weighted by Gasteiger charge is -2.25. The van der Waals surface area contributed by atoms with Gasteiger partial charge in [0.15, 0.2) is 0 Å². The Labute approximate surface area is 115 Å². The summed E-state index contributed by atoms with van der Waals surface area (Å²) >= 11 is 0. The monoisotopic (exact) mass is 280 g/mol. The molecule has 4 heteroatoms. The Morgan fingerprint density at radius 3 is 1.50 bits per heavy atom. The summed E-state index contributed by atoms with van der Waals surface area (Å²) in [7, 11) is 0. The van der Waals surface area contributed by atoms with Crippen LogP contribution in [0, 0.1) is 6.92 Å². The molecule has 20 heavy (non-hydrogen) atoms. The number of halogens is 3. The van der Waals surface area contributed by atoms with E-state index in [1.807, 2.05) is 19.1 Å². The van der Waals surface area contributed by atoms with E-state index in [4.69, 9.17) is 0 Å². The standard InChI is InChI=1S/C16H15F3O/c1-11-3-5-12(6-4-11)15(2,20)13-7-9-14(10-8-13)16(17,18)19/h3-10,20H,1-2H3. The summed E-state index contributed by atoms with van der Waals surface area (Å²) in [5.74, 6) is 0. The molecule has 1 nitrogen and oxygen atoms in total. The fourth-order valence-corrected chi connectivity index (χ4v) is 2.03. The van der Waals surface area contributed by atoms with Gasteiger partial charge in [0.1, 0.15) is 5.60 Å². The van der Waals surface area contributed by atoms with Crippen LogP contribution in [0.1, 0.15) is 29.2 Å². The van der Waals surface area contributed by atoms with Gasteiger partial charge in [0.2, 0.25) is 0 Å². The fourth-order valence-electron chi connectivity index (χ4n) is 2.03. The maximum atomic E-state index is 12.5. The highest BCUT2D eigenvalue weighted by atomic mass is 19.4. The third-order valence-electron chi connectivity index (χ3n) is 3.39. The van der Waals surface area contributed by atoms with Gasteiger partial charge in [-0.1, -0.05) is 42.0 Å². The molecule has 0 saturated carbocycles. The Morgan fingerprint density at radius 2 is 1.10 bits per heavy atom. The molecule has 0 heterocycles. The molecule has 0 saturated heterocycles. The van der Waals surface area contributed by atoms with Crippen molar-refractivity contribution in [1.29, 1.82) is 0 Å². The van der Waals surface area contributed by atoms with E-state index in [1.54, 1.807) is 19.1 Å². The quantitative estimate of drug-likeness (QED) is 0.871. The van der Waals surface area contributed by atoms with Crippen molar-refractivity contribution in [3.8, 4) is 0 Å². The number of aryl methyl sites for hydroxylation is 1. The minimum atomic E-state index is -4.37. The molecule has 0 radical (unpaired) electrons. The summed E-state index contributed by atoms with van der Waals surface area (Å²) in [5.41, 5.74) is 0.0767. The first-order valence-electron chi connectivity index (χ1n) is 6.18. The highest BCUT2D eigenvalue weighted by Crippen LogP contribution is 2.33.